The van der Waals surface area contributed by atoms with Crippen molar-refractivity contribution in [1.82, 2.24) is 5.32 Å². The second-order valence-electron chi connectivity index (χ2n) is 6.59. The fourth-order valence-corrected chi connectivity index (χ4v) is 3.28. The van der Waals surface area contributed by atoms with Crippen LogP contribution >= 0.6 is 0 Å². The minimum atomic E-state index is -1.01. The largest absolute Gasteiger partial charge is 0.493 e. The van der Waals surface area contributed by atoms with Crippen LogP contribution in [0.5, 0.6) is 17.2 Å². The molecule has 3 rings (SSSR count). The molecule has 1 aliphatic rings. The average molecular weight is 385 g/mol. The number of carbonyl (C=O) groups excluding carboxylic acids is 1. The van der Waals surface area contributed by atoms with Crippen molar-refractivity contribution < 1.29 is 28.9 Å². The maximum Gasteiger partial charge on any atom is 0.305 e. The highest BCUT2D eigenvalue weighted by atomic mass is 16.5. The fraction of sp³-hybridized carbons (Fsp3) is 0.333. The number of amides is 1. The Balaban J connectivity index is 1.78. The van der Waals surface area contributed by atoms with Gasteiger partial charge in [0.2, 0.25) is 5.91 Å². The standard InChI is InChI=1S/C21H23NO6/c1-26-18-8-7-13(10-19(18)27-2)16(11-20(23)24)22-21(25)15-9-14-5-3-4-6-17(14)28-12-15/h3-8,10,15-16H,9,11-12H2,1-2H3,(H,22,25)(H,23,24)/t15-,16-/m1/s1. The molecule has 0 radical (unpaired) electrons. The van der Waals surface area contributed by atoms with Gasteiger partial charge in [-0.05, 0) is 35.7 Å². The van der Waals surface area contributed by atoms with E-state index in [0.29, 0.717) is 23.5 Å². The Morgan fingerprint density at radius 1 is 1.18 bits per heavy atom. The van der Waals surface area contributed by atoms with E-state index in [4.69, 9.17) is 14.2 Å². The number of carboxylic acids is 1. The zero-order valence-electron chi connectivity index (χ0n) is 15.8. The Labute approximate surface area is 163 Å². The number of carboxylic acid groups (broad SMARTS) is 1. The van der Waals surface area contributed by atoms with Crippen LogP contribution in [0.1, 0.15) is 23.6 Å². The monoisotopic (exact) mass is 385 g/mol. The zero-order valence-corrected chi connectivity index (χ0v) is 15.8. The average Bonchev–Trinajstić information content (AvgIpc) is 2.71. The molecule has 7 heteroatoms. The minimum Gasteiger partial charge on any atom is -0.493 e. The van der Waals surface area contributed by atoms with Crippen LogP contribution in [0.2, 0.25) is 0 Å². The third-order valence-corrected chi connectivity index (χ3v) is 4.75. The second kappa shape index (κ2) is 8.65. The third-order valence-electron chi connectivity index (χ3n) is 4.75. The van der Waals surface area contributed by atoms with E-state index in [0.717, 1.165) is 11.3 Å². The molecule has 2 atom stereocenters. The molecule has 148 valence electrons. The summed E-state index contributed by atoms with van der Waals surface area (Å²) in [5.74, 6) is 0.157. The summed E-state index contributed by atoms with van der Waals surface area (Å²) < 4.78 is 16.2. The van der Waals surface area contributed by atoms with Gasteiger partial charge in [-0.25, -0.2) is 0 Å². The minimum absolute atomic E-state index is 0.240. The van der Waals surface area contributed by atoms with Crippen molar-refractivity contribution in [2.45, 2.75) is 18.9 Å². The summed E-state index contributed by atoms with van der Waals surface area (Å²) in [5.41, 5.74) is 1.60. The predicted molar refractivity (Wildman–Crippen MR) is 102 cm³/mol. The molecule has 0 spiro atoms. The molecule has 0 unspecified atom stereocenters. The first-order chi connectivity index (χ1) is 13.5. The van der Waals surface area contributed by atoms with Crippen LogP contribution in [-0.4, -0.2) is 37.8 Å². The molecule has 0 fully saturated rings. The zero-order chi connectivity index (χ0) is 20.1. The lowest BCUT2D eigenvalue weighted by atomic mass is 9.95. The van der Waals surface area contributed by atoms with E-state index in [1.165, 1.54) is 14.2 Å². The topological polar surface area (TPSA) is 94.1 Å². The summed E-state index contributed by atoms with van der Waals surface area (Å²) >= 11 is 0. The van der Waals surface area contributed by atoms with Crippen LogP contribution < -0.4 is 19.5 Å². The third kappa shape index (κ3) is 4.36. The van der Waals surface area contributed by atoms with Gasteiger partial charge in [-0.2, -0.15) is 0 Å². The van der Waals surface area contributed by atoms with Gasteiger partial charge in [0.25, 0.3) is 0 Å². The number of rotatable bonds is 7. The molecule has 0 aromatic heterocycles. The summed E-state index contributed by atoms with van der Waals surface area (Å²) in [6.45, 7) is 0.259. The quantitative estimate of drug-likeness (QED) is 0.761. The molecule has 1 heterocycles. The molecule has 1 amide bonds. The molecule has 0 bridgehead atoms. The first-order valence-electron chi connectivity index (χ1n) is 8.96. The highest BCUT2D eigenvalue weighted by Gasteiger charge is 2.28. The number of ether oxygens (including phenoxy) is 3. The smallest absolute Gasteiger partial charge is 0.305 e. The molecule has 2 aromatic rings. The van der Waals surface area contributed by atoms with Crippen LogP contribution in [0.25, 0.3) is 0 Å². The SMILES string of the molecule is COc1ccc([C@@H](CC(=O)O)NC(=O)[C@H]2COc3ccccc3C2)cc1OC. The van der Waals surface area contributed by atoms with E-state index in [9.17, 15) is 14.7 Å². The van der Waals surface area contributed by atoms with Crippen molar-refractivity contribution in [3.63, 3.8) is 0 Å². The van der Waals surface area contributed by atoms with Gasteiger partial charge in [-0.15, -0.1) is 0 Å². The maximum atomic E-state index is 12.8. The number of aliphatic carboxylic acids is 1. The van der Waals surface area contributed by atoms with Gasteiger partial charge in [-0.1, -0.05) is 24.3 Å². The lowest BCUT2D eigenvalue weighted by Crippen LogP contribution is -2.39. The summed E-state index contributed by atoms with van der Waals surface area (Å²) in [6, 6.07) is 12.0. The van der Waals surface area contributed by atoms with E-state index in [-0.39, 0.29) is 24.9 Å². The Morgan fingerprint density at radius 2 is 1.93 bits per heavy atom. The van der Waals surface area contributed by atoms with E-state index in [2.05, 4.69) is 5.32 Å². The van der Waals surface area contributed by atoms with Crippen LogP contribution in [-0.2, 0) is 16.0 Å². The summed E-state index contributed by atoms with van der Waals surface area (Å²) in [6.07, 6.45) is 0.305. The van der Waals surface area contributed by atoms with Gasteiger partial charge in [0.1, 0.15) is 12.4 Å². The summed E-state index contributed by atoms with van der Waals surface area (Å²) in [5, 5.41) is 12.2. The van der Waals surface area contributed by atoms with E-state index >= 15 is 0 Å². The van der Waals surface area contributed by atoms with Gasteiger partial charge < -0.3 is 24.6 Å². The van der Waals surface area contributed by atoms with E-state index in [1.54, 1.807) is 18.2 Å². The van der Waals surface area contributed by atoms with E-state index < -0.39 is 12.0 Å². The normalized spacial score (nSPS) is 16.3. The van der Waals surface area contributed by atoms with Gasteiger partial charge in [0, 0.05) is 0 Å². The number of para-hydroxylation sites is 1. The van der Waals surface area contributed by atoms with Gasteiger partial charge >= 0.3 is 5.97 Å². The summed E-state index contributed by atoms with van der Waals surface area (Å²) in [4.78, 5) is 24.2. The van der Waals surface area contributed by atoms with Crippen LogP contribution in [0.15, 0.2) is 42.5 Å². The van der Waals surface area contributed by atoms with Crippen molar-refractivity contribution in [2.24, 2.45) is 5.92 Å². The maximum absolute atomic E-state index is 12.8. The molecule has 7 nitrogen and oxygen atoms in total. The van der Waals surface area contributed by atoms with E-state index in [1.807, 2.05) is 24.3 Å². The van der Waals surface area contributed by atoms with Crippen molar-refractivity contribution in [2.75, 3.05) is 20.8 Å². The first-order valence-corrected chi connectivity index (χ1v) is 8.96. The van der Waals surface area contributed by atoms with Crippen LogP contribution in [0.4, 0.5) is 0 Å². The molecule has 0 saturated carbocycles. The van der Waals surface area contributed by atoms with Crippen LogP contribution in [0, 0.1) is 5.92 Å². The molecule has 0 aliphatic carbocycles. The number of fused-ring (bicyclic) bond motifs is 1. The van der Waals surface area contributed by atoms with Crippen molar-refractivity contribution in [3.05, 3.63) is 53.6 Å². The predicted octanol–water partition coefficient (Wildman–Crippen LogP) is 2.59. The van der Waals surface area contributed by atoms with Gasteiger partial charge in [0.15, 0.2) is 11.5 Å². The number of benzene rings is 2. The highest BCUT2D eigenvalue weighted by Crippen LogP contribution is 2.32. The molecule has 2 N–H and O–H groups in total. The first kappa shape index (κ1) is 19.5. The summed E-state index contributed by atoms with van der Waals surface area (Å²) in [7, 11) is 3.03. The fourth-order valence-electron chi connectivity index (χ4n) is 3.28. The second-order valence-corrected chi connectivity index (χ2v) is 6.59. The molecule has 0 saturated heterocycles. The number of nitrogens with one attached hydrogen (secondary N) is 1. The molecule has 2 aromatic carbocycles. The lowest BCUT2D eigenvalue weighted by Gasteiger charge is -2.27. The number of methoxy groups -OCH3 is 2. The van der Waals surface area contributed by atoms with Crippen LogP contribution in [0.3, 0.4) is 0 Å². The number of carbonyl (C=O) groups is 2. The lowest BCUT2D eigenvalue weighted by molar-refractivity contribution is -0.138. The Hall–Kier alpha value is -3.22. The van der Waals surface area contributed by atoms with Crippen molar-refractivity contribution >= 4 is 11.9 Å². The number of hydrogen-bond donors (Lipinski definition) is 2. The molecule has 28 heavy (non-hydrogen) atoms. The molecule has 1 aliphatic heterocycles. The van der Waals surface area contributed by atoms with Crippen molar-refractivity contribution in [3.8, 4) is 17.2 Å². The van der Waals surface area contributed by atoms with Crippen molar-refractivity contribution in [1.29, 1.82) is 0 Å². The van der Waals surface area contributed by atoms with Gasteiger partial charge in [0.05, 0.1) is 32.6 Å². The molecular formula is C21H23NO6. The Kier molecular flexibility index (Phi) is 6.03. The number of hydrogen-bond acceptors (Lipinski definition) is 5. The Morgan fingerprint density at radius 3 is 2.64 bits per heavy atom. The Bertz CT molecular complexity index is 866. The van der Waals surface area contributed by atoms with Gasteiger partial charge in [-0.3, -0.25) is 9.59 Å². The molecular weight excluding hydrogens is 362 g/mol. The highest BCUT2D eigenvalue weighted by molar-refractivity contribution is 5.81.